The molecule has 2 aromatic carbocycles. The van der Waals surface area contributed by atoms with E-state index in [1.807, 2.05) is 29.0 Å². The molecule has 2 aromatic rings. The second-order valence-electron chi connectivity index (χ2n) is 3.92. The van der Waals surface area contributed by atoms with Gasteiger partial charge in [-0.25, -0.2) is 0 Å². The Bertz CT molecular complexity index is 523. The molecule has 0 aromatic heterocycles. The first kappa shape index (κ1) is 15.4. The minimum Gasteiger partial charge on any atom is -0.497 e. The van der Waals surface area contributed by atoms with Crippen LogP contribution in [0.15, 0.2) is 65.6 Å². The molecular weight excluding hydrogens is 304 g/mol. The molecule has 0 atom stereocenters. The van der Waals surface area contributed by atoms with Crippen molar-refractivity contribution in [3.63, 3.8) is 0 Å². The van der Waals surface area contributed by atoms with E-state index in [1.165, 1.54) is 10.5 Å². The minimum atomic E-state index is 0.901. The third-order valence-corrected chi connectivity index (χ3v) is 6.43. The van der Waals surface area contributed by atoms with Gasteiger partial charge in [-0.3, -0.25) is 0 Å². The van der Waals surface area contributed by atoms with Gasteiger partial charge in [-0.1, -0.05) is 53.3 Å². The van der Waals surface area contributed by atoms with Crippen LogP contribution in [-0.2, 0) is 0 Å². The Labute approximate surface area is 132 Å². The molecule has 0 amide bonds. The lowest BCUT2D eigenvalue weighted by Gasteiger charge is -2.01. The summed E-state index contributed by atoms with van der Waals surface area (Å²) in [6, 6.07) is 18.5. The number of ether oxygens (including phenoxy) is 1. The highest BCUT2D eigenvalue weighted by molar-refractivity contribution is 9.09. The fourth-order valence-electron chi connectivity index (χ4n) is 1.51. The summed E-state index contributed by atoms with van der Waals surface area (Å²) in [6.45, 7) is 0. The van der Waals surface area contributed by atoms with Crippen molar-refractivity contribution >= 4 is 37.5 Å². The summed E-state index contributed by atoms with van der Waals surface area (Å²) in [4.78, 5) is 1.25. The summed E-state index contributed by atoms with van der Waals surface area (Å²) in [5.41, 5.74) is 1.25. The number of methoxy groups -OCH3 is 1. The van der Waals surface area contributed by atoms with Crippen molar-refractivity contribution in [2.24, 2.45) is 0 Å². The van der Waals surface area contributed by atoms with Gasteiger partial charge in [-0.15, -0.1) is 0 Å². The lowest BCUT2D eigenvalue weighted by atomic mass is 10.2. The first-order chi connectivity index (χ1) is 9.88. The maximum absolute atomic E-state index is 5.14. The van der Waals surface area contributed by atoms with E-state index in [1.54, 1.807) is 27.7 Å². The summed E-state index contributed by atoms with van der Waals surface area (Å²) in [6.07, 6.45) is 4.35. The summed E-state index contributed by atoms with van der Waals surface area (Å²) >= 11 is 0. The van der Waals surface area contributed by atoms with E-state index >= 15 is 0 Å². The maximum Gasteiger partial charge on any atom is 0.118 e. The molecule has 0 aliphatic heterocycles. The van der Waals surface area contributed by atoms with Gasteiger partial charge in [0.25, 0.3) is 0 Å². The largest absolute Gasteiger partial charge is 0.497 e. The first-order valence-corrected chi connectivity index (χ1v) is 9.85. The number of hydrogen-bond acceptors (Lipinski definition) is 4. The zero-order valence-electron chi connectivity index (χ0n) is 11.2. The van der Waals surface area contributed by atoms with Crippen molar-refractivity contribution in [1.82, 2.24) is 0 Å². The lowest BCUT2D eigenvalue weighted by molar-refractivity contribution is 0.414. The molecule has 0 aliphatic rings. The smallest absolute Gasteiger partial charge is 0.118 e. The van der Waals surface area contributed by atoms with Gasteiger partial charge in [0.05, 0.1) is 7.11 Å². The molecule has 1 nitrogen and oxygen atoms in total. The fraction of sp³-hybridized carbons (Fsp3) is 0.125. The first-order valence-electron chi connectivity index (χ1n) is 6.20. The van der Waals surface area contributed by atoms with E-state index in [4.69, 9.17) is 4.74 Å². The second-order valence-corrected chi connectivity index (χ2v) is 8.11. The quantitative estimate of drug-likeness (QED) is 0.471. The molecule has 0 heterocycles. The van der Waals surface area contributed by atoms with Crippen LogP contribution in [0.5, 0.6) is 5.75 Å². The van der Waals surface area contributed by atoms with E-state index in [0.29, 0.717) is 0 Å². The van der Waals surface area contributed by atoms with Crippen LogP contribution < -0.4 is 4.74 Å². The Morgan fingerprint density at radius 1 is 1.00 bits per heavy atom. The molecule has 4 heteroatoms. The monoisotopic (exact) mass is 320 g/mol. The van der Waals surface area contributed by atoms with Crippen LogP contribution in [0.2, 0.25) is 0 Å². The molecule has 0 saturated heterocycles. The summed E-state index contributed by atoms with van der Waals surface area (Å²) in [5.74, 6) is 1.90. The van der Waals surface area contributed by atoms with Crippen molar-refractivity contribution < 1.29 is 4.74 Å². The van der Waals surface area contributed by atoms with Crippen LogP contribution >= 0.6 is 31.4 Å². The van der Waals surface area contributed by atoms with E-state index in [-0.39, 0.29) is 0 Å². The van der Waals surface area contributed by atoms with Crippen LogP contribution in [0.4, 0.5) is 0 Å². The highest BCUT2D eigenvalue weighted by Gasteiger charge is 1.96. The summed E-state index contributed by atoms with van der Waals surface area (Å²) in [5, 5.41) is 0. The molecular formula is C16H16OS3. The van der Waals surface area contributed by atoms with Crippen molar-refractivity contribution in [3.05, 3.63) is 66.2 Å². The molecule has 0 bridgehead atoms. The van der Waals surface area contributed by atoms with E-state index in [0.717, 1.165) is 11.5 Å². The average molecular weight is 321 g/mol. The zero-order chi connectivity index (χ0) is 14.0. The highest BCUT2D eigenvalue weighted by atomic mass is 33.5. The van der Waals surface area contributed by atoms with Crippen LogP contribution in [-0.4, -0.2) is 12.9 Å². The second kappa shape index (κ2) is 9.06. The van der Waals surface area contributed by atoms with Gasteiger partial charge in [-0.05, 0) is 50.4 Å². The van der Waals surface area contributed by atoms with Gasteiger partial charge in [-0.2, -0.15) is 0 Å². The maximum atomic E-state index is 5.14. The van der Waals surface area contributed by atoms with Gasteiger partial charge in [0.15, 0.2) is 0 Å². The van der Waals surface area contributed by atoms with Crippen molar-refractivity contribution in [2.45, 2.75) is 4.90 Å². The zero-order valence-corrected chi connectivity index (χ0v) is 13.6. The summed E-state index contributed by atoms with van der Waals surface area (Å²) in [7, 11) is 7.10. The Morgan fingerprint density at radius 3 is 2.45 bits per heavy atom. The van der Waals surface area contributed by atoms with Gasteiger partial charge in [0, 0.05) is 10.6 Å². The van der Waals surface area contributed by atoms with Crippen LogP contribution in [0.25, 0.3) is 6.08 Å². The van der Waals surface area contributed by atoms with Gasteiger partial charge >= 0.3 is 0 Å². The van der Waals surface area contributed by atoms with Crippen LogP contribution in [0.3, 0.4) is 0 Å². The molecule has 0 fully saturated rings. The average Bonchev–Trinajstić information content (AvgIpc) is 2.52. The third-order valence-electron chi connectivity index (χ3n) is 2.51. The molecule has 0 saturated carbocycles. The Balaban J connectivity index is 1.65. The Kier molecular flexibility index (Phi) is 6.98. The van der Waals surface area contributed by atoms with Crippen molar-refractivity contribution in [1.29, 1.82) is 0 Å². The lowest BCUT2D eigenvalue weighted by Crippen LogP contribution is -1.80. The normalized spacial score (nSPS) is 10.8. The fourth-order valence-corrected chi connectivity index (χ4v) is 4.87. The molecule has 0 spiro atoms. The molecule has 2 rings (SSSR count). The van der Waals surface area contributed by atoms with Gasteiger partial charge < -0.3 is 4.74 Å². The third kappa shape index (κ3) is 5.57. The minimum absolute atomic E-state index is 0.901. The predicted molar refractivity (Wildman–Crippen MR) is 94.4 cm³/mol. The van der Waals surface area contributed by atoms with Crippen LogP contribution in [0.1, 0.15) is 5.56 Å². The topological polar surface area (TPSA) is 9.23 Å². The number of hydrogen-bond donors (Lipinski definition) is 0. The van der Waals surface area contributed by atoms with E-state index < -0.39 is 0 Å². The van der Waals surface area contributed by atoms with Crippen molar-refractivity contribution in [3.8, 4) is 5.75 Å². The molecule has 0 N–H and O–H groups in total. The van der Waals surface area contributed by atoms with Crippen molar-refractivity contribution in [2.75, 3.05) is 12.9 Å². The predicted octanol–water partition coefficient (Wildman–Crippen LogP) is 5.80. The molecule has 0 aliphatic carbocycles. The standard InChI is InChI=1S/C16H16OS3/c1-17-15-9-11-16(12-10-15)19-20-18-13-5-8-14-6-3-2-4-7-14/h2-12H,13H2,1H3. The molecule has 104 valence electrons. The number of benzene rings is 2. The highest BCUT2D eigenvalue weighted by Crippen LogP contribution is 2.40. The van der Waals surface area contributed by atoms with Gasteiger partial charge in [0.1, 0.15) is 5.75 Å². The summed E-state index contributed by atoms with van der Waals surface area (Å²) < 4.78 is 5.14. The Hall–Kier alpha value is -0.970. The van der Waals surface area contributed by atoms with E-state index in [9.17, 15) is 0 Å². The van der Waals surface area contributed by atoms with E-state index in [2.05, 4.69) is 48.6 Å². The molecule has 0 unspecified atom stereocenters. The molecule has 20 heavy (non-hydrogen) atoms. The van der Waals surface area contributed by atoms with Crippen LogP contribution in [0, 0.1) is 0 Å². The van der Waals surface area contributed by atoms with Gasteiger partial charge in [0.2, 0.25) is 0 Å². The SMILES string of the molecule is COc1ccc(SSSCC=Cc2ccccc2)cc1. The Morgan fingerprint density at radius 2 is 1.75 bits per heavy atom. The molecule has 0 radical (unpaired) electrons. The number of rotatable bonds is 7.